The summed E-state index contributed by atoms with van der Waals surface area (Å²) in [7, 11) is 3.33. The number of aromatic nitrogens is 4. The van der Waals surface area contributed by atoms with Crippen LogP contribution in [-0.4, -0.2) is 33.2 Å². The molecule has 23 heavy (non-hydrogen) atoms. The summed E-state index contributed by atoms with van der Waals surface area (Å²) < 4.78 is 6.70. The molecule has 0 aliphatic rings. The highest BCUT2D eigenvalue weighted by Gasteiger charge is 2.10. The van der Waals surface area contributed by atoms with Gasteiger partial charge in [-0.15, -0.1) is 5.10 Å². The summed E-state index contributed by atoms with van der Waals surface area (Å²) in [5, 5.41) is 14.2. The fourth-order valence-electron chi connectivity index (χ4n) is 2.18. The summed E-state index contributed by atoms with van der Waals surface area (Å²) in [6, 6.07) is 14.3. The molecule has 0 saturated carbocycles. The van der Waals surface area contributed by atoms with Crippen molar-refractivity contribution in [2.45, 2.75) is 0 Å². The molecular weight excluding hydrogens is 294 g/mol. The zero-order valence-electron chi connectivity index (χ0n) is 12.7. The third-order valence-corrected chi connectivity index (χ3v) is 3.33. The van der Waals surface area contributed by atoms with Gasteiger partial charge in [-0.3, -0.25) is 4.79 Å². The van der Waals surface area contributed by atoms with E-state index in [2.05, 4.69) is 20.8 Å². The Morgan fingerprint density at radius 3 is 2.74 bits per heavy atom. The summed E-state index contributed by atoms with van der Waals surface area (Å²) in [6.07, 6.45) is 0. The third-order valence-electron chi connectivity index (χ3n) is 3.33. The molecule has 7 heteroatoms. The van der Waals surface area contributed by atoms with Gasteiger partial charge in [-0.1, -0.05) is 18.2 Å². The topological polar surface area (TPSA) is 81.9 Å². The molecule has 2 aromatic carbocycles. The lowest BCUT2D eigenvalue weighted by Crippen LogP contribution is -2.12. The number of carbonyl (C=O) groups is 1. The number of nitrogens with one attached hydrogen (secondary N) is 1. The van der Waals surface area contributed by atoms with Crippen molar-refractivity contribution in [3.63, 3.8) is 0 Å². The minimum atomic E-state index is -0.211. The number of methoxy groups -OCH3 is 1. The molecule has 0 radical (unpaired) electrons. The number of ether oxygens (including phenoxy) is 1. The summed E-state index contributed by atoms with van der Waals surface area (Å²) in [5.74, 6) is 1.05. The van der Waals surface area contributed by atoms with Crippen LogP contribution in [-0.2, 0) is 7.05 Å². The van der Waals surface area contributed by atoms with E-state index >= 15 is 0 Å². The molecule has 116 valence electrons. The van der Waals surface area contributed by atoms with Gasteiger partial charge in [0.15, 0.2) is 5.82 Å². The lowest BCUT2D eigenvalue weighted by molar-refractivity contribution is 0.102. The van der Waals surface area contributed by atoms with E-state index in [0.29, 0.717) is 22.8 Å². The van der Waals surface area contributed by atoms with Crippen molar-refractivity contribution in [2.24, 2.45) is 7.05 Å². The number of nitrogens with zero attached hydrogens (tertiary/aromatic N) is 4. The maximum absolute atomic E-state index is 12.3. The number of benzene rings is 2. The normalized spacial score (nSPS) is 10.3. The van der Waals surface area contributed by atoms with Crippen molar-refractivity contribution in [3.8, 4) is 17.1 Å². The van der Waals surface area contributed by atoms with Gasteiger partial charge in [-0.05, 0) is 40.8 Å². The summed E-state index contributed by atoms with van der Waals surface area (Å²) >= 11 is 0. The largest absolute Gasteiger partial charge is 0.497 e. The van der Waals surface area contributed by atoms with Crippen molar-refractivity contribution in [3.05, 3.63) is 54.1 Å². The molecular formula is C16H15N5O2. The van der Waals surface area contributed by atoms with Crippen LogP contribution in [0.5, 0.6) is 5.75 Å². The van der Waals surface area contributed by atoms with Gasteiger partial charge in [-0.25, -0.2) is 4.68 Å². The average Bonchev–Trinajstić information content (AvgIpc) is 3.01. The second-order valence-corrected chi connectivity index (χ2v) is 4.89. The summed E-state index contributed by atoms with van der Waals surface area (Å²) in [5.41, 5.74) is 2.01. The van der Waals surface area contributed by atoms with Crippen molar-refractivity contribution < 1.29 is 9.53 Å². The van der Waals surface area contributed by atoms with E-state index in [1.54, 1.807) is 43.1 Å². The molecule has 1 aromatic heterocycles. The van der Waals surface area contributed by atoms with Crippen LogP contribution < -0.4 is 10.1 Å². The fraction of sp³-hybridized carbons (Fsp3) is 0.125. The third kappa shape index (κ3) is 3.18. The van der Waals surface area contributed by atoms with Gasteiger partial charge < -0.3 is 10.1 Å². The summed E-state index contributed by atoms with van der Waals surface area (Å²) in [6.45, 7) is 0. The van der Waals surface area contributed by atoms with E-state index in [0.717, 1.165) is 5.56 Å². The van der Waals surface area contributed by atoms with Gasteiger partial charge in [0.25, 0.3) is 5.91 Å². The van der Waals surface area contributed by atoms with E-state index in [1.807, 2.05) is 24.3 Å². The maximum atomic E-state index is 12.3. The smallest absolute Gasteiger partial charge is 0.255 e. The van der Waals surface area contributed by atoms with Crippen molar-refractivity contribution >= 4 is 11.6 Å². The highest BCUT2D eigenvalue weighted by Crippen LogP contribution is 2.20. The lowest BCUT2D eigenvalue weighted by Gasteiger charge is -2.08. The van der Waals surface area contributed by atoms with Gasteiger partial charge in [0.05, 0.1) is 7.11 Å². The minimum absolute atomic E-state index is 0.211. The van der Waals surface area contributed by atoms with Gasteiger partial charge in [0.1, 0.15) is 5.75 Å². The SMILES string of the molecule is COc1cccc(C(=O)Nc2cccc(-c3nnnn3C)c2)c1. The van der Waals surface area contributed by atoms with E-state index in [-0.39, 0.29) is 5.91 Å². The molecule has 0 atom stereocenters. The highest BCUT2D eigenvalue weighted by atomic mass is 16.5. The van der Waals surface area contributed by atoms with Gasteiger partial charge >= 0.3 is 0 Å². The van der Waals surface area contributed by atoms with Gasteiger partial charge in [0.2, 0.25) is 0 Å². The molecule has 7 nitrogen and oxygen atoms in total. The second kappa shape index (κ2) is 6.27. The van der Waals surface area contributed by atoms with Crippen LogP contribution in [0.1, 0.15) is 10.4 Å². The van der Waals surface area contributed by atoms with Crippen LogP contribution in [0.4, 0.5) is 5.69 Å². The number of hydrogen-bond donors (Lipinski definition) is 1. The van der Waals surface area contributed by atoms with Crippen LogP contribution in [0.3, 0.4) is 0 Å². The Bertz CT molecular complexity index is 844. The van der Waals surface area contributed by atoms with E-state index in [4.69, 9.17) is 4.74 Å². The monoisotopic (exact) mass is 309 g/mol. The molecule has 3 rings (SSSR count). The molecule has 0 saturated heterocycles. The minimum Gasteiger partial charge on any atom is -0.497 e. The number of carbonyl (C=O) groups excluding carboxylic acids is 1. The Labute approximate surface area is 132 Å². The molecule has 0 bridgehead atoms. The molecule has 1 heterocycles. The zero-order chi connectivity index (χ0) is 16.2. The number of rotatable bonds is 4. The van der Waals surface area contributed by atoms with Crippen LogP contribution in [0.15, 0.2) is 48.5 Å². The number of amides is 1. The number of tetrazole rings is 1. The van der Waals surface area contributed by atoms with E-state index in [1.165, 1.54) is 0 Å². The van der Waals surface area contributed by atoms with Crippen LogP contribution >= 0.6 is 0 Å². The van der Waals surface area contributed by atoms with Crippen LogP contribution in [0, 0.1) is 0 Å². The number of aryl methyl sites for hydroxylation is 1. The highest BCUT2D eigenvalue weighted by molar-refractivity contribution is 6.04. The fourth-order valence-corrected chi connectivity index (χ4v) is 2.18. The van der Waals surface area contributed by atoms with Crippen molar-refractivity contribution in [2.75, 3.05) is 12.4 Å². The molecule has 1 N–H and O–H groups in total. The first kappa shape index (κ1) is 14.7. The standard InChI is InChI=1S/C16H15N5O2/c1-21-15(18-19-20-21)11-5-3-7-13(9-11)17-16(22)12-6-4-8-14(10-12)23-2/h3-10H,1-2H3,(H,17,22). The van der Waals surface area contributed by atoms with E-state index in [9.17, 15) is 4.79 Å². The van der Waals surface area contributed by atoms with Gasteiger partial charge in [-0.2, -0.15) is 0 Å². The predicted molar refractivity (Wildman–Crippen MR) is 85.2 cm³/mol. The second-order valence-electron chi connectivity index (χ2n) is 4.89. The maximum Gasteiger partial charge on any atom is 0.255 e. The Kier molecular flexibility index (Phi) is 4.01. The first-order valence-corrected chi connectivity index (χ1v) is 6.95. The number of hydrogen-bond acceptors (Lipinski definition) is 5. The summed E-state index contributed by atoms with van der Waals surface area (Å²) in [4.78, 5) is 12.3. The lowest BCUT2D eigenvalue weighted by atomic mass is 10.1. The molecule has 0 fully saturated rings. The average molecular weight is 309 g/mol. The molecule has 1 amide bonds. The van der Waals surface area contributed by atoms with Crippen LogP contribution in [0.2, 0.25) is 0 Å². The van der Waals surface area contributed by atoms with Crippen molar-refractivity contribution in [1.29, 1.82) is 0 Å². The molecule has 0 aliphatic heterocycles. The number of anilines is 1. The quantitative estimate of drug-likeness (QED) is 0.798. The zero-order valence-corrected chi connectivity index (χ0v) is 12.7. The molecule has 3 aromatic rings. The first-order valence-electron chi connectivity index (χ1n) is 6.95. The Morgan fingerprint density at radius 2 is 2.00 bits per heavy atom. The first-order chi connectivity index (χ1) is 11.2. The van der Waals surface area contributed by atoms with Crippen LogP contribution in [0.25, 0.3) is 11.4 Å². The Morgan fingerprint density at radius 1 is 1.17 bits per heavy atom. The predicted octanol–water partition coefficient (Wildman–Crippen LogP) is 2.14. The molecule has 0 aliphatic carbocycles. The Balaban J connectivity index is 1.83. The Hall–Kier alpha value is -3.22. The molecule has 0 spiro atoms. The van der Waals surface area contributed by atoms with E-state index < -0.39 is 0 Å². The molecule has 0 unspecified atom stereocenters. The van der Waals surface area contributed by atoms with Crippen molar-refractivity contribution in [1.82, 2.24) is 20.2 Å². The van der Waals surface area contributed by atoms with Gasteiger partial charge in [0, 0.05) is 23.9 Å².